The zero-order valence-corrected chi connectivity index (χ0v) is 8.82. The molecule has 0 fully saturated rings. The molecule has 0 saturated carbocycles. The average Bonchev–Trinajstić information content (AvgIpc) is 2.15. The Morgan fingerprint density at radius 2 is 2.29 bits per heavy atom. The highest BCUT2D eigenvalue weighted by molar-refractivity contribution is 9.10. The van der Waals surface area contributed by atoms with Crippen LogP contribution in [0.15, 0.2) is 22.7 Å². The maximum atomic E-state index is 10.6. The van der Waals surface area contributed by atoms with Gasteiger partial charge in [-0.1, -0.05) is 22.0 Å². The minimum atomic E-state index is -0.427. The highest BCUT2D eigenvalue weighted by atomic mass is 79.9. The molecule has 5 heteroatoms. The fraction of sp³-hybridized carbons (Fsp3) is 0.222. The van der Waals surface area contributed by atoms with Crippen molar-refractivity contribution < 1.29 is 4.92 Å². The number of nitrogens with zero attached hydrogens (tertiary/aromatic N) is 2. The van der Waals surface area contributed by atoms with Crippen LogP contribution in [0, 0.1) is 16.7 Å². The van der Waals surface area contributed by atoms with Crippen LogP contribution in [-0.2, 0) is 6.42 Å². The number of halogens is 1. The minimum Gasteiger partial charge on any atom is -0.317 e. The summed E-state index contributed by atoms with van der Waals surface area (Å²) in [4.78, 5) is 13.4. The Labute approximate surface area is 89.6 Å². The van der Waals surface area contributed by atoms with Crippen molar-refractivity contribution in [2.24, 2.45) is 0 Å². The van der Waals surface area contributed by atoms with Gasteiger partial charge in [0.15, 0.2) is 0 Å². The van der Waals surface area contributed by atoms with E-state index in [9.17, 15) is 10.1 Å². The third-order valence-corrected chi connectivity index (χ3v) is 2.23. The minimum absolute atomic E-state index is 0.0722. The molecule has 0 bridgehead atoms. The van der Waals surface area contributed by atoms with E-state index in [2.05, 4.69) is 20.8 Å². The lowest BCUT2D eigenvalue weighted by Crippen LogP contribution is -1.96. The molecule has 72 valence electrons. The van der Waals surface area contributed by atoms with Crippen molar-refractivity contribution >= 4 is 21.6 Å². The lowest BCUT2D eigenvalue weighted by atomic mass is 10.1. The number of benzene rings is 1. The predicted octanol–water partition coefficient (Wildman–Crippen LogP) is 2.82. The Balaban J connectivity index is 3.03. The Kier molecular flexibility index (Phi) is 3.60. The fourth-order valence-electron chi connectivity index (χ4n) is 1.09. The molecule has 1 aromatic rings. The fourth-order valence-corrected chi connectivity index (χ4v) is 1.44. The molecule has 0 aliphatic carbocycles. The SMILES string of the molecule is [C-]#[N+]CCc1ccc(Br)cc1[N+](=O)[O-]. The van der Waals surface area contributed by atoms with E-state index >= 15 is 0 Å². The summed E-state index contributed by atoms with van der Waals surface area (Å²) < 4.78 is 0.677. The van der Waals surface area contributed by atoms with E-state index in [1.165, 1.54) is 6.07 Å². The first kappa shape index (κ1) is 10.7. The molecule has 0 spiro atoms. The van der Waals surface area contributed by atoms with Gasteiger partial charge in [0.05, 0.1) is 11.3 Å². The van der Waals surface area contributed by atoms with Crippen molar-refractivity contribution in [2.45, 2.75) is 6.42 Å². The van der Waals surface area contributed by atoms with Gasteiger partial charge >= 0.3 is 0 Å². The van der Waals surface area contributed by atoms with Gasteiger partial charge in [0.2, 0.25) is 6.54 Å². The van der Waals surface area contributed by atoms with E-state index in [-0.39, 0.29) is 12.2 Å². The van der Waals surface area contributed by atoms with E-state index < -0.39 is 4.92 Å². The van der Waals surface area contributed by atoms with E-state index in [1.807, 2.05) is 0 Å². The topological polar surface area (TPSA) is 47.5 Å². The normalized spacial score (nSPS) is 9.43. The van der Waals surface area contributed by atoms with Crippen LogP contribution in [0.4, 0.5) is 5.69 Å². The predicted molar refractivity (Wildman–Crippen MR) is 56.0 cm³/mol. The van der Waals surface area contributed by atoms with Gasteiger partial charge < -0.3 is 4.85 Å². The number of hydrogen-bond donors (Lipinski definition) is 0. The van der Waals surface area contributed by atoms with Crippen LogP contribution in [0.1, 0.15) is 5.56 Å². The molecular weight excluding hydrogens is 248 g/mol. The Morgan fingerprint density at radius 3 is 2.86 bits per heavy atom. The second-order valence-electron chi connectivity index (χ2n) is 2.66. The van der Waals surface area contributed by atoms with E-state index in [0.29, 0.717) is 16.5 Å². The van der Waals surface area contributed by atoms with E-state index in [4.69, 9.17) is 6.57 Å². The quantitative estimate of drug-likeness (QED) is 0.473. The standard InChI is InChI=1S/C9H7BrN2O2/c1-11-5-4-7-2-3-8(10)6-9(7)12(13)14/h2-3,6H,4-5H2. The van der Waals surface area contributed by atoms with Crippen molar-refractivity contribution in [3.8, 4) is 0 Å². The molecule has 4 nitrogen and oxygen atoms in total. The molecule has 1 rings (SSSR count). The molecule has 0 amide bonds. The maximum Gasteiger partial charge on any atom is 0.273 e. The van der Waals surface area contributed by atoms with Crippen molar-refractivity contribution in [1.29, 1.82) is 0 Å². The van der Waals surface area contributed by atoms with Gasteiger partial charge in [0, 0.05) is 16.1 Å². The Bertz CT molecular complexity index is 398. The summed E-state index contributed by atoms with van der Waals surface area (Å²) in [7, 11) is 0. The molecular formula is C9H7BrN2O2. The largest absolute Gasteiger partial charge is 0.317 e. The highest BCUT2D eigenvalue weighted by Gasteiger charge is 2.14. The van der Waals surface area contributed by atoms with Gasteiger partial charge in [0.1, 0.15) is 0 Å². The third-order valence-electron chi connectivity index (χ3n) is 1.74. The first-order valence-electron chi connectivity index (χ1n) is 3.91. The van der Waals surface area contributed by atoms with Crippen LogP contribution in [0.5, 0.6) is 0 Å². The second kappa shape index (κ2) is 4.72. The molecule has 0 aliphatic heterocycles. The van der Waals surface area contributed by atoms with Crippen LogP contribution in [0.3, 0.4) is 0 Å². The first-order valence-corrected chi connectivity index (χ1v) is 4.70. The van der Waals surface area contributed by atoms with Crippen LogP contribution >= 0.6 is 15.9 Å². The molecule has 0 saturated heterocycles. The molecule has 0 N–H and O–H groups in total. The smallest absolute Gasteiger partial charge is 0.273 e. The maximum absolute atomic E-state index is 10.6. The molecule has 0 aliphatic rings. The van der Waals surface area contributed by atoms with Crippen molar-refractivity contribution in [2.75, 3.05) is 6.54 Å². The number of nitro groups is 1. The molecule has 0 atom stereocenters. The van der Waals surface area contributed by atoms with Crippen molar-refractivity contribution in [3.05, 3.63) is 49.8 Å². The van der Waals surface area contributed by atoms with Crippen LogP contribution in [0.2, 0.25) is 0 Å². The summed E-state index contributed by atoms with van der Waals surface area (Å²) >= 11 is 3.17. The summed E-state index contributed by atoms with van der Waals surface area (Å²) in [5, 5.41) is 10.6. The molecule has 0 aromatic heterocycles. The zero-order valence-electron chi connectivity index (χ0n) is 7.24. The van der Waals surface area contributed by atoms with Gasteiger partial charge in [-0.25, -0.2) is 6.57 Å². The van der Waals surface area contributed by atoms with Gasteiger partial charge in [-0.05, 0) is 6.07 Å². The average molecular weight is 255 g/mol. The van der Waals surface area contributed by atoms with Crippen molar-refractivity contribution in [3.63, 3.8) is 0 Å². The lowest BCUT2D eigenvalue weighted by Gasteiger charge is -1.99. The summed E-state index contributed by atoms with van der Waals surface area (Å²) in [5.74, 6) is 0. The highest BCUT2D eigenvalue weighted by Crippen LogP contribution is 2.23. The number of rotatable bonds is 3. The van der Waals surface area contributed by atoms with Crippen LogP contribution in [-0.4, -0.2) is 11.5 Å². The van der Waals surface area contributed by atoms with Gasteiger partial charge in [-0.15, -0.1) is 0 Å². The van der Waals surface area contributed by atoms with E-state index in [0.717, 1.165) is 0 Å². The zero-order chi connectivity index (χ0) is 10.6. The Hall–Kier alpha value is -1.41. The molecule has 0 radical (unpaired) electrons. The van der Waals surface area contributed by atoms with Gasteiger partial charge in [0.25, 0.3) is 5.69 Å². The summed E-state index contributed by atoms with van der Waals surface area (Å²) in [6, 6.07) is 4.87. The molecule has 0 unspecified atom stereocenters. The monoisotopic (exact) mass is 254 g/mol. The van der Waals surface area contributed by atoms with E-state index in [1.54, 1.807) is 12.1 Å². The summed E-state index contributed by atoms with van der Waals surface area (Å²) in [5.41, 5.74) is 0.678. The number of nitro benzene ring substituents is 1. The number of hydrogen-bond acceptors (Lipinski definition) is 2. The van der Waals surface area contributed by atoms with Crippen LogP contribution < -0.4 is 0 Å². The summed E-state index contributed by atoms with van der Waals surface area (Å²) in [6.07, 6.45) is 0.424. The molecule has 0 heterocycles. The van der Waals surface area contributed by atoms with Crippen LogP contribution in [0.25, 0.3) is 4.85 Å². The lowest BCUT2D eigenvalue weighted by molar-refractivity contribution is -0.385. The van der Waals surface area contributed by atoms with Crippen molar-refractivity contribution in [1.82, 2.24) is 0 Å². The first-order chi connectivity index (χ1) is 6.65. The molecule has 14 heavy (non-hydrogen) atoms. The third kappa shape index (κ3) is 2.54. The Morgan fingerprint density at radius 1 is 1.57 bits per heavy atom. The second-order valence-corrected chi connectivity index (χ2v) is 3.58. The molecule has 1 aromatic carbocycles. The van der Waals surface area contributed by atoms with Gasteiger partial charge in [-0.3, -0.25) is 10.1 Å². The summed E-state index contributed by atoms with van der Waals surface area (Å²) in [6.45, 7) is 6.90. The van der Waals surface area contributed by atoms with Gasteiger partial charge in [-0.2, -0.15) is 0 Å².